The SMILES string of the molecule is NC(=O)C(OC(=O)c1ccccn1)(C(F)(F)F)C(F)(F)F. The van der Waals surface area contributed by atoms with Crippen LogP contribution in [0.1, 0.15) is 10.5 Å². The molecule has 1 aromatic rings. The largest absolute Gasteiger partial charge is 0.447 e. The summed E-state index contributed by atoms with van der Waals surface area (Å²) in [4.78, 5) is 25.4. The number of aromatic nitrogens is 1. The lowest BCUT2D eigenvalue weighted by molar-refractivity contribution is -0.347. The molecular formula is C10H6F6N2O3. The average molecular weight is 316 g/mol. The normalized spacial score (nSPS) is 12.9. The van der Waals surface area contributed by atoms with Crippen LogP contribution in [-0.4, -0.2) is 34.8 Å². The smallest absolute Gasteiger partial charge is 0.426 e. The summed E-state index contributed by atoms with van der Waals surface area (Å²) in [5.74, 6) is -5.00. The van der Waals surface area contributed by atoms with E-state index in [4.69, 9.17) is 0 Å². The Morgan fingerprint density at radius 2 is 1.57 bits per heavy atom. The monoisotopic (exact) mass is 316 g/mol. The molecular weight excluding hydrogens is 310 g/mol. The second-order valence-corrected chi connectivity index (χ2v) is 3.65. The molecule has 116 valence electrons. The number of amides is 1. The number of esters is 1. The Morgan fingerprint density at radius 1 is 1.05 bits per heavy atom. The molecule has 0 aliphatic carbocycles. The predicted molar refractivity (Wildman–Crippen MR) is 53.7 cm³/mol. The summed E-state index contributed by atoms with van der Waals surface area (Å²) >= 11 is 0. The number of hydrogen-bond acceptors (Lipinski definition) is 4. The molecule has 0 saturated heterocycles. The van der Waals surface area contributed by atoms with Crippen LogP contribution in [0.4, 0.5) is 26.3 Å². The quantitative estimate of drug-likeness (QED) is 0.678. The van der Waals surface area contributed by atoms with E-state index in [-0.39, 0.29) is 0 Å². The Balaban J connectivity index is 3.34. The van der Waals surface area contributed by atoms with Crippen molar-refractivity contribution < 1.29 is 40.7 Å². The van der Waals surface area contributed by atoms with Crippen molar-refractivity contribution in [3.05, 3.63) is 30.1 Å². The van der Waals surface area contributed by atoms with Gasteiger partial charge in [0.05, 0.1) is 0 Å². The van der Waals surface area contributed by atoms with Crippen molar-refractivity contribution in [3.63, 3.8) is 0 Å². The molecule has 1 amide bonds. The number of carbonyl (C=O) groups is 2. The first-order valence-corrected chi connectivity index (χ1v) is 5.01. The lowest BCUT2D eigenvalue weighted by Crippen LogP contribution is -2.67. The molecule has 0 radical (unpaired) electrons. The first-order valence-electron chi connectivity index (χ1n) is 5.01. The van der Waals surface area contributed by atoms with E-state index in [1.807, 2.05) is 0 Å². The van der Waals surface area contributed by atoms with Crippen molar-refractivity contribution in [2.75, 3.05) is 0 Å². The van der Waals surface area contributed by atoms with Crippen LogP contribution >= 0.6 is 0 Å². The van der Waals surface area contributed by atoms with Gasteiger partial charge in [-0.2, -0.15) is 26.3 Å². The van der Waals surface area contributed by atoms with Gasteiger partial charge in [0.1, 0.15) is 5.69 Å². The molecule has 0 aromatic carbocycles. The van der Waals surface area contributed by atoms with E-state index in [1.165, 1.54) is 6.07 Å². The van der Waals surface area contributed by atoms with E-state index in [2.05, 4.69) is 15.5 Å². The number of rotatable bonds is 3. The number of ether oxygens (including phenoxy) is 1. The molecule has 2 N–H and O–H groups in total. The first-order chi connectivity index (χ1) is 9.43. The number of primary amides is 1. The van der Waals surface area contributed by atoms with Gasteiger partial charge >= 0.3 is 23.9 Å². The van der Waals surface area contributed by atoms with Crippen molar-refractivity contribution in [1.29, 1.82) is 0 Å². The van der Waals surface area contributed by atoms with Crippen molar-refractivity contribution in [1.82, 2.24) is 4.98 Å². The molecule has 0 saturated carbocycles. The maximum Gasteiger partial charge on any atom is 0.447 e. The maximum atomic E-state index is 12.7. The van der Waals surface area contributed by atoms with E-state index in [1.54, 1.807) is 0 Å². The highest BCUT2D eigenvalue weighted by Crippen LogP contribution is 2.46. The molecule has 11 heteroatoms. The van der Waals surface area contributed by atoms with Crippen molar-refractivity contribution in [2.45, 2.75) is 18.0 Å². The molecule has 21 heavy (non-hydrogen) atoms. The Labute approximate surface area is 112 Å². The van der Waals surface area contributed by atoms with Gasteiger partial charge in [0.2, 0.25) is 0 Å². The van der Waals surface area contributed by atoms with Gasteiger partial charge in [0.15, 0.2) is 0 Å². The minimum atomic E-state index is -6.29. The third-order valence-corrected chi connectivity index (χ3v) is 2.27. The number of halogens is 6. The summed E-state index contributed by atoms with van der Waals surface area (Å²) < 4.78 is 79.5. The van der Waals surface area contributed by atoms with Gasteiger partial charge in [0.25, 0.3) is 5.91 Å². The Hall–Kier alpha value is -2.33. The van der Waals surface area contributed by atoms with Gasteiger partial charge in [-0.1, -0.05) is 6.07 Å². The number of alkyl halides is 6. The minimum Gasteiger partial charge on any atom is -0.426 e. The molecule has 0 aliphatic rings. The second-order valence-electron chi connectivity index (χ2n) is 3.65. The van der Waals surface area contributed by atoms with E-state index >= 15 is 0 Å². The highest BCUT2D eigenvalue weighted by molar-refractivity contribution is 5.93. The van der Waals surface area contributed by atoms with Gasteiger partial charge in [0, 0.05) is 6.20 Å². The summed E-state index contributed by atoms with van der Waals surface area (Å²) in [6.45, 7) is 0. The van der Waals surface area contributed by atoms with Gasteiger partial charge in [-0.25, -0.2) is 9.78 Å². The van der Waals surface area contributed by atoms with Crippen LogP contribution < -0.4 is 5.73 Å². The molecule has 0 spiro atoms. The molecule has 1 rings (SSSR count). The lowest BCUT2D eigenvalue weighted by atomic mass is 10.0. The summed E-state index contributed by atoms with van der Waals surface area (Å²) in [5, 5.41) is 0. The van der Waals surface area contributed by atoms with E-state index < -0.39 is 35.5 Å². The average Bonchev–Trinajstić information content (AvgIpc) is 2.33. The maximum absolute atomic E-state index is 12.7. The molecule has 0 unspecified atom stereocenters. The van der Waals surface area contributed by atoms with Gasteiger partial charge in [-0.3, -0.25) is 4.79 Å². The Morgan fingerprint density at radius 3 is 1.90 bits per heavy atom. The van der Waals surface area contributed by atoms with Crippen LogP contribution in [0.2, 0.25) is 0 Å². The van der Waals surface area contributed by atoms with Crippen LogP contribution in [0.25, 0.3) is 0 Å². The fraction of sp³-hybridized carbons (Fsp3) is 0.300. The van der Waals surface area contributed by atoms with Crippen molar-refractivity contribution in [3.8, 4) is 0 Å². The Kier molecular flexibility index (Phi) is 4.16. The van der Waals surface area contributed by atoms with E-state index in [9.17, 15) is 35.9 Å². The van der Waals surface area contributed by atoms with Crippen molar-refractivity contribution in [2.24, 2.45) is 5.73 Å². The number of carbonyl (C=O) groups excluding carboxylic acids is 2. The molecule has 5 nitrogen and oxygen atoms in total. The van der Waals surface area contributed by atoms with Crippen LogP contribution in [-0.2, 0) is 9.53 Å². The predicted octanol–water partition coefficient (Wildman–Crippen LogP) is 1.59. The van der Waals surface area contributed by atoms with Crippen LogP contribution in [0, 0.1) is 0 Å². The van der Waals surface area contributed by atoms with E-state index in [0.29, 0.717) is 0 Å². The van der Waals surface area contributed by atoms with Gasteiger partial charge < -0.3 is 10.5 Å². The zero-order valence-corrected chi connectivity index (χ0v) is 9.83. The second kappa shape index (κ2) is 5.22. The summed E-state index contributed by atoms with van der Waals surface area (Å²) in [6.07, 6.45) is -11.6. The molecule has 0 fully saturated rings. The van der Waals surface area contributed by atoms with Crippen LogP contribution in [0.3, 0.4) is 0 Å². The minimum absolute atomic E-state index is 0.806. The Bertz CT molecular complexity index is 526. The summed E-state index contributed by atoms with van der Waals surface area (Å²) in [5.41, 5.74) is -2.11. The van der Waals surface area contributed by atoms with Gasteiger partial charge in [-0.15, -0.1) is 0 Å². The third kappa shape index (κ3) is 2.90. The first kappa shape index (κ1) is 16.7. The van der Waals surface area contributed by atoms with Gasteiger partial charge in [-0.05, 0) is 12.1 Å². The highest BCUT2D eigenvalue weighted by atomic mass is 19.4. The van der Waals surface area contributed by atoms with E-state index in [0.717, 1.165) is 18.3 Å². The molecule has 0 atom stereocenters. The zero-order valence-electron chi connectivity index (χ0n) is 9.83. The lowest BCUT2D eigenvalue weighted by Gasteiger charge is -2.33. The molecule has 0 aliphatic heterocycles. The number of pyridine rings is 1. The summed E-state index contributed by atoms with van der Waals surface area (Å²) in [7, 11) is 0. The standard InChI is InChI=1S/C10H6F6N2O3/c11-9(12,13)8(7(17)20,10(14,15)16)21-6(19)5-3-1-2-4-18-5/h1-4H,(H2,17,20). The number of nitrogens with two attached hydrogens (primary N) is 1. The van der Waals surface area contributed by atoms with Crippen LogP contribution in [0.5, 0.6) is 0 Å². The van der Waals surface area contributed by atoms with Crippen molar-refractivity contribution >= 4 is 11.9 Å². The third-order valence-electron chi connectivity index (χ3n) is 2.27. The number of nitrogens with zero attached hydrogens (tertiary/aromatic N) is 1. The topological polar surface area (TPSA) is 82.3 Å². The fourth-order valence-electron chi connectivity index (χ4n) is 1.28. The van der Waals surface area contributed by atoms with Crippen LogP contribution in [0.15, 0.2) is 24.4 Å². The molecule has 0 bridgehead atoms. The summed E-state index contributed by atoms with van der Waals surface area (Å²) in [6, 6.07) is 3.18. The number of hydrogen-bond donors (Lipinski definition) is 1. The zero-order chi connectivity index (χ0) is 16.5. The molecule has 1 heterocycles. The molecule has 1 aromatic heterocycles. The highest BCUT2D eigenvalue weighted by Gasteiger charge is 2.78. The fourth-order valence-corrected chi connectivity index (χ4v) is 1.28.